The molecular weight excluding hydrogens is 302 g/mol. The van der Waals surface area contributed by atoms with Gasteiger partial charge < -0.3 is 10.5 Å². The summed E-state index contributed by atoms with van der Waals surface area (Å²) in [4.78, 5) is 0. The van der Waals surface area contributed by atoms with E-state index < -0.39 is 0 Å². The first kappa shape index (κ1) is 14.9. The Bertz CT molecular complexity index is 421. The minimum absolute atomic E-state index is 0.365. The molecule has 19 heavy (non-hydrogen) atoms. The maximum Gasteiger partial charge on any atom is 0.133 e. The molecule has 1 aliphatic rings. The third kappa shape index (κ3) is 3.73. The van der Waals surface area contributed by atoms with E-state index in [-0.39, 0.29) is 0 Å². The van der Waals surface area contributed by atoms with Gasteiger partial charge in [0.1, 0.15) is 5.75 Å². The van der Waals surface area contributed by atoms with Gasteiger partial charge in [0.2, 0.25) is 0 Å². The maximum atomic E-state index is 6.30. The molecule has 1 fully saturated rings. The van der Waals surface area contributed by atoms with Crippen molar-refractivity contribution in [2.75, 3.05) is 7.11 Å². The lowest BCUT2D eigenvalue weighted by atomic mass is 9.75. The molecule has 0 aliphatic heterocycles. The molecule has 2 rings (SSSR count). The topological polar surface area (TPSA) is 35.2 Å². The van der Waals surface area contributed by atoms with Crippen molar-refractivity contribution in [3.05, 3.63) is 28.2 Å². The van der Waals surface area contributed by atoms with Crippen molar-refractivity contribution in [3.63, 3.8) is 0 Å². The number of hydrogen-bond donors (Lipinski definition) is 1. The van der Waals surface area contributed by atoms with E-state index >= 15 is 0 Å². The number of hydrogen-bond acceptors (Lipinski definition) is 2. The predicted octanol–water partition coefficient (Wildman–Crippen LogP) is 4.15. The Morgan fingerprint density at radius 3 is 2.79 bits per heavy atom. The summed E-state index contributed by atoms with van der Waals surface area (Å²) < 4.78 is 6.31. The molecule has 1 saturated carbocycles. The molecule has 0 heterocycles. The second-order valence-corrected chi connectivity index (χ2v) is 6.54. The van der Waals surface area contributed by atoms with E-state index in [1.54, 1.807) is 7.11 Å². The highest BCUT2D eigenvalue weighted by atomic mass is 79.9. The van der Waals surface area contributed by atoms with Crippen molar-refractivity contribution in [1.82, 2.24) is 0 Å². The Morgan fingerprint density at radius 1 is 1.37 bits per heavy atom. The van der Waals surface area contributed by atoms with Crippen molar-refractivity contribution < 1.29 is 4.74 Å². The maximum absolute atomic E-state index is 6.30. The second kappa shape index (κ2) is 6.76. The zero-order valence-electron chi connectivity index (χ0n) is 11.9. The van der Waals surface area contributed by atoms with Crippen LogP contribution in [-0.4, -0.2) is 13.2 Å². The van der Waals surface area contributed by atoms with E-state index in [1.807, 2.05) is 6.07 Å². The lowest BCUT2D eigenvalue weighted by Gasteiger charge is -2.34. The first-order valence-corrected chi connectivity index (χ1v) is 8.01. The molecule has 3 heteroatoms. The van der Waals surface area contributed by atoms with Gasteiger partial charge in [-0.05, 0) is 71.1 Å². The van der Waals surface area contributed by atoms with Gasteiger partial charge in [-0.2, -0.15) is 0 Å². The third-order valence-electron chi connectivity index (χ3n) is 4.44. The fourth-order valence-corrected chi connectivity index (χ4v) is 3.72. The van der Waals surface area contributed by atoms with Gasteiger partial charge in [-0.3, -0.25) is 0 Å². The zero-order chi connectivity index (χ0) is 13.8. The van der Waals surface area contributed by atoms with E-state index in [4.69, 9.17) is 10.5 Å². The minimum Gasteiger partial charge on any atom is -0.496 e. The van der Waals surface area contributed by atoms with Crippen LogP contribution >= 0.6 is 15.9 Å². The van der Waals surface area contributed by atoms with Crippen LogP contribution in [0.5, 0.6) is 5.75 Å². The normalized spacial score (nSPS) is 27.3. The molecule has 0 bridgehead atoms. The van der Waals surface area contributed by atoms with Gasteiger partial charge in [0.05, 0.1) is 11.6 Å². The third-order valence-corrected chi connectivity index (χ3v) is 5.06. The van der Waals surface area contributed by atoms with E-state index in [9.17, 15) is 0 Å². The highest BCUT2D eigenvalue weighted by molar-refractivity contribution is 9.10. The summed E-state index contributed by atoms with van der Waals surface area (Å²) in [5.74, 6) is 2.38. The summed E-state index contributed by atoms with van der Waals surface area (Å²) >= 11 is 3.56. The standard InChI is InChI=1S/C16H24BrNO/c1-3-11-4-6-15(18)13(8-11)9-12-5-7-16(19-2)14(17)10-12/h5,7,10-11,13,15H,3-4,6,8-9,18H2,1-2H3. The van der Waals surface area contributed by atoms with E-state index in [2.05, 4.69) is 35.0 Å². The summed E-state index contributed by atoms with van der Waals surface area (Å²) in [6.07, 6.45) is 6.14. The molecule has 3 atom stereocenters. The molecule has 0 radical (unpaired) electrons. The van der Waals surface area contributed by atoms with Crippen molar-refractivity contribution >= 4 is 15.9 Å². The van der Waals surface area contributed by atoms with Crippen LogP contribution < -0.4 is 10.5 Å². The van der Waals surface area contributed by atoms with Gasteiger partial charge >= 0.3 is 0 Å². The Hall–Kier alpha value is -0.540. The molecule has 0 amide bonds. The Morgan fingerprint density at radius 2 is 2.16 bits per heavy atom. The van der Waals surface area contributed by atoms with Crippen LogP contribution in [0.2, 0.25) is 0 Å². The van der Waals surface area contributed by atoms with Crippen molar-refractivity contribution in [3.8, 4) is 5.75 Å². The average Bonchev–Trinajstić information content (AvgIpc) is 2.41. The van der Waals surface area contributed by atoms with E-state index in [0.29, 0.717) is 12.0 Å². The van der Waals surface area contributed by atoms with Crippen molar-refractivity contribution in [2.45, 2.75) is 45.1 Å². The molecule has 0 aromatic heterocycles. The Labute approximate surface area is 124 Å². The SMILES string of the molecule is CCC1CCC(N)C(Cc2ccc(OC)c(Br)c2)C1. The fraction of sp³-hybridized carbons (Fsp3) is 0.625. The molecule has 2 N–H and O–H groups in total. The van der Waals surface area contributed by atoms with Crippen molar-refractivity contribution in [2.24, 2.45) is 17.6 Å². The van der Waals surface area contributed by atoms with Gasteiger partial charge in [0.25, 0.3) is 0 Å². The summed E-state index contributed by atoms with van der Waals surface area (Å²) in [5.41, 5.74) is 7.65. The quantitative estimate of drug-likeness (QED) is 0.902. The smallest absolute Gasteiger partial charge is 0.133 e. The van der Waals surface area contributed by atoms with Crippen LogP contribution in [-0.2, 0) is 6.42 Å². The number of nitrogens with two attached hydrogens (primary N) is 1. The monoisotopic (exact) mass is 325 g/mol. The van der Waals surface area contributed by atoms with Crippen LogP contribution in [0.3, 0.4) is 0 Å². The summed E-state index contributed by atoms with van der Waals surface area (Å²) in [5, 5.41) is 0. The van der Waals surface area contributed by atoms with Gasteiger partial charge in [-0.1, -0.05) is 19.4 Å². The van der Waals surface area contributed by atoms with Gasteiger partial charge in [-0.15, -0.1) is 0 Å². The summed E-state index contributed by atoms with van der Waals surface area (Å²) in [7, 11) is 1.70. The molecular formula is C16H24BrNO. The fourth-order valence-electron chi connectivity index (χ4n) is 3.13. The first-order chi connectivity index (χ1) is 9.13. The van der Waals surface area contributed by atoms with Crippen LogP contribution in [0.15, 0.2) is 22.7 Å². The van der Waals surface area contributed by atoms with Crippen LogP contribution in [0, 0.1) is 11.8 Å². The molecule has 1 aromatic carbocycles. The first-order valence-electron chi connectivity index (χ1n) is 7.22. The molecule has 3 unspecified atom stereocenters. The van der Waals surface area contributed by atoms with Crippen molar-refractivity contribution in [1.29, 1.82) is 0 Å². The van der Waals surface area contributed by atoms with E-state index in [0.717, 1.165) is 22.6 Å². The molecule has 2 nitrogen and oxygen atoms in total. The summed E-state index contributed by atoms with van der Waals surface area (Å²) in [6.45, 7) is 2.29. The van der Waals surface area contributed by atoms with Gasteiger partial charge in [0, 0.05) is 6.04 Å². The predicted molar refractivity (Wildman–Crippen MR) is 83.5 cm³/mol. The number of benzene rings is 1. The molecule has 0 saturated heterocycles. The molecule has 1 aliphatic carbocycles. The van der Waals surface area contributed by atoms with Gasteiger partial charge in [-0.25, -0.2) is 0 Å². The lowest BCUT2D eigenvalue weighted by molar-refractivity contribution is 0.227. The Kier molecular flexibility index (Phi) is 5.28. The van der Waals surface area contributed by atoms with Crippen LogP contribution in [0.25, 0.3) is 0 Å². The minimum atomic E-state index is 0.365. The molecule has 106 valence electrons. The number of rotatable bonds is 4. The van der Waals surface area contributed by atoms with E-state index in [1.165, 1.54) is 31.2 Å². The number of methoxy groups -OCH3 is 1. The lowest BCUT2D eigenvalue weighted by Crippen LogP contribution is -2.37. The van der Waals surface area contributed by atoms with Gasteiger partial charge in [0.15, 0.2) is 0 Å². The number of halogens is 1. The largest absolute Gasteiger partial charge is 0.496 e. The highest BCUT2D eigenvalue weighted by Gasteiger charge is 2.27. The second-order valence-electron chi connectivity index (χ2n) is 5.68. The number of ether oxygens (including phenoxy) is 1. The average molecular weight is 326 g/mol. The highest BCUT2D eigenvalue weighted by Crippen LogP contribution is 2.34. The molecule has 0 spiro atoms. The van der Waals surface area contributed by atoms with Crippen LogP contribution in [0.4, 0.5) is 0 Å². The zero-order valence-corrected chi connectivity index (χ0v) is 13.4. The molecule has 1 aromatic rings. The van der Waals surface area contributed by atoms with Crippen LogP contribution in [0.1, 0.15) is 38.2 Å². The Balaban J connectivity index is 2.05. The summed E-state index contributed by atoms with van der Waals surface area (Å²) in [6, 6.07) is 6.72.